The van der Waals surface area contributed by atoms with E-state index in [1.807, 2.05) is 0 Å². The summed E-state index contributed by atoms with van der Waals surface area (Å²) in [5.74, 6) is -4.76. The lowest BCUT2D eigenvalue weighted by molar-refractivity contribution is -0.134. The second-order valence-corrected chi connectivity index (χ2v) is 4.15. The van der Waals surface area contributed by atoms with E-state index in [9.17, 15) is 18.0 Å². The van der Waals surface area contributed by atoms with Crippen molar-refractivity contribution < 1.29 is 22.7 Å². The highest BCUT2D eigenvalue weighted by Crippen LogP contribution is 2.41. The quantitative estimate of drug-likeness (QED) is 0.630. The van der Waals surface area contributed by atoms with Gasteiger partial charge in [0.1, 0.15) is 5.82 Å². The number of fused-ring (bicyclic) bond motifs is 1. The maximum absolute atomic E-state index is 14.0. The number of anilines is 1. The molecule has 102 valence electrons. The van der Waals surface area contributed by atoms with E-state index in [4.69, 9.17) is 0 Å². The van der Waals surface area contributed by atoms with Crippen molar-refractivity contribution in [3.8, 4) is 0 Å². The normalized spacial score (nSPS) is 19.3. The predicted octanol–water partition coefficient (Wildman–Crippen LogP) is 2.83. The van der Waals surface area contributed by atoms with Crippen LogP contribution in [0.25, 0.3) is 5.57 Å². The molecular weight excluding hydrogens is 259 g/mol. The van der Waals surface area contributed by atoms with Crippen LogP contribution in [-0.4, -0.2) is 25.5 Å². The van der Waals surface area contributed by atoms with E-state index in [-0.39, 0.29) is 12.1 Å². The van der Waals surface area contributed by atoms with E-state index < -0.39 is 29.7 Å². The van der Waals surface area contributed by atoms with Crippen molar-refractivity contribution >= 4 is 17.2 Å². The number of allylic oxidation sites excluding steroid dienone is 1. The molecule has 0 amide bonds. The number of hydrogen-bond acceptors (Lipinski definition) is 3. The lowest BCUT2D eigenvalue weighted by Gasteiger charge is -2.17. The summed E-state index contributed by atoms with van der Waals surface area (Å²) < 4.78 is 45.6. The van der Waals surface area contributed by atoms with Crippen LogP contribution in [0.2, 0.25) is 0 Å². The Bertz CT molecular complexity index is 541. The summed E-state index contributed by atoms with van der Waals surface area (Å²) in [7, 11) is 1.10. The Balaban J connectivity index is 2.61. The molecule has 0 radical (unpaired) electrons. The average Bonchev–Trinajstić information content (AvgIpc) is 2.47. The Morgan fingerprint density at radius 2 is 2.21 bits per heavy atom. The van der Waals surface area contributed by atoms with Gasteiger partial charge < -0.3 is 10.1 Å². The van der Waals surface area contributed by atoms with Crippen LogP contribution in [0.4, 0.5) is 18.9 Å². The molecule has 19 heavy (non-hydrogen) atoms. The maximum atomic E-state index is 14.0. The minimum absolute atomic E-state index is 0.0205. The van der Waals surface area contributed by atoms with Gasteiger partial charge in [0.25, 0.3) is 5.92 Å². The molecule has 0 fully saturated rings. The average molecular weight is 271 g/mol. The number of hydrogen-bond donors (Lipinski definition) is 1. The molecule has 3 nitrogen and oxygen atoms in total. The largest absolute Gasteiger partial charge is 0.466 e. The van der Waals surface area contributed by atoms with E-state index in [0.29, 0.717) is 11.8 Å². The molecule has 0 aliphatic carbocycles. The first-order valence-electron chi connectivity index (χ1n) is 5.66. The molecule has 0 saturated heterocycles. The van der Waals surface area contributed by atoms with Gasteiger partial charge in [-0.25, -0.2) is 18.0 Å². The molecule has 1 N–H and O–H groups in total. The summed E-state index contributed by atoms with van der Waals surface area (Å²) in [6.45, 7) is 0.0319. The Hall–Kier alpha value is -1.98. The van der Waals surface area contributed by atoms with Gasteiger partial charge in [-0.05, 0) is 18.2 Å². The van der Waals surface area contributed by atoms with Crippen molar-refractivity contribution in [1.29, 1.82) is 0 Å². The smallest absolute Gasteiger partial charge is 0.330 e. The topological polar surface area (TPSA) is 38.3 Å². The number of ether oxygens (including phenoxy) is 1. The summed E-state index contributed by atoms with van der Waals surface area (Å²) in [6, 6.07) is 3.53. The van der Waals surface area contributed by atoms with Crippen molar-refractivity contribution in [3.63, 3.8) is 0 Å². The van der Waals surface area contributed by atoms with E-state index in [1.54, 1.807) is 0 Å². The summed E-state index contributed by atoms with van der Waals surface area (Å²) in [6.07, 6.45) is 0.234. The van der Waals surface area contributed by atoms with E-state index in [2.05, 4.69) is 10.1 Å². The van der Waals surface area contributed by atoms with Gasteiger partial charge in [-0.15, -0.1) is 0 Å². The number of benzene rings is 1. The standard InChI is InChI=1S/C13H12F3NO2/c1-19-12(18)7-10-9-6-8(14)2-3-11(9)17-5-4-13(10,15)16/h2-3,6-7,17H,4-5H2,1H3/b10-7-. The lowest BCUT2D eigenvalue weighted by Crippen LogP contribution is -2.20. The van der Waals surface area contributed by atoms with Crippen LogP contribution in [0.3, 0.4) is 0 Å². The second kappa shape index (κ2) is 4.95. The third-order valence-electron chi connectivity index (χ3n) is 2.88. The van der Waals surface area contributed by atoms with Crippen molar-refractivity contribution in [3.05, 3.63) is 35.7 Å². The minimum Gasteiger partial charge on any atom is -0.466 e. The summed E-state index contributed by atoms with van der Waals surface area (Å²) >= 11 is 0. The van der Waals surface area contributed by atoms with Crippen LogP contribution in [0.1, 0.15) is 12.0 Å². The highest BCUT2D eigenvalue weighted by molar-refractivity contribution is 5.95. The molecule has 0 saturated carbocycles. The SMILES string of the molecule is COC(=O)/C=C1/c2cc(F)ccc2NCCC1(F)F. The van der Waals surface area contributed by atoms with E-state index in [1.165, 1.54) is 12.1 Å². The zero-order chi connectivity index (χ0) is 14.0. The van der Waals surface area contributed by atoms with Crippen molar-refractivity contribution in [2.24, 2.45) is 0 Å². The van der Waals surface area contributed by atoms with Crippen LogP contribution in [-0.2, 0) is 9.53 Å². The van der Waals surface area contributed by atoms with E-state index in [0.717, 1.165) is 13.2 Å². The molecule has 1 aliphatic rings. The van der Waals surface area contributed by atoms with Gasteiger partial charge in [0, 0.05) is 35.9 Å². The number of carbonyl (C=O) groups is 1. The van der Waals surface area contributed by atoms with Crippen molar-refractivity contribution in [1.82, 2.24) is 0 Å². The predicted molar refractivity (Wildman–Crippen MR) is 64.4 cm³/mol. The maximum Gasteiger partial charge on any atom is 0.330 e. The fourth-order valence-electron chi connectivity index (χ4n) is 1.94. The first kappa shape index (κ1) is 13.5. The number of methoxy groups -OCH3 is 1. The lowest BCUT2D eigenvalue weighted by atomic mass is 9.97. The number of carbonyl (C=O) groups excluding carboxylic acids is 1. The van der Waals surface area contributed by atoms with Gasteiger partial charge in [-0.1, -0.05) is 0 Å². The van der Waals surface area contributed by atoms with Gasteiger partial charge in [-0.2, -0.15) is 0 Å². The Labute approximate surface area is 108 Å². The number of esters is 1. The molecule has 6 heteroatoms. The molecule has 0 unspecified atom stereocenters. The Morgan fingerprint density at radius 3 is 2.89 bits per heavy atom. The highest BCUT2D eigenvalue weighted by atomic mass is 19.3. The Morgan fingerprint density at radius 1 is 1.47 bits per heavy atom. The first-order chi connectivity index (χ1) is 8.94. The van der Waals surface area contributed by atoms with Gasteiger partial charge >= 0.3 is 5.97 Å². The monoisotopic (exact) mass is 271 g/mol. The molecule has 0 bridgehead atoms. The van der Waals surface area contributed by atoms with Crippen LogP contribution in [0.15, 0.2) is 24.3 Å². The Kier molecular flexibility index (Phi) is 3.50. The number of rotatable bonds is 1. The minimum atomic E-state index is -3.22. The zero-order valence-corrected chi connectivity index (χ0v) is 10.2. The molecule has 1 aliphatic heterocycles. The van der Waals surface area contributed by atoms with Gasteiger partial charge in [-0.3, -0.25) is 0 Å². The van der Waals surface area contributed by atoms with Crippen LogP contribution in [0.5, 0.6) is 0 Å². The van der Waals surface area contributed by atoms with Gasteiger partial charge in [0.05, 0.1) is 7.11 Å². The third-order valence-corrected chi connectivity index (χ3v) is 2.88. The van der Waals surface area contributed by atoms with Crippen LogP contribution < -0.4 is 5.32 Å². The molecule has 0 atom stereocenters. The second-order valence-electron chi connectivity index (χ2n) is 4.15. The van der Waals surface area contributed by atoms with Crippen molar-refractivity contribution in [2.75, 3.05) is 19.0 Å². The van der Waals surface area contributed by atoms with Gasteiger partial charge in [0.15, 0.2) is 0 Å². The summed E-state index contributed by atoms with van der Waals surface area (Å²) in [4.78, 5) is 11.2. The third kappa shape index (κ3) is 2.72. The summed E-state index contributed by atoms with van der Waals surface area (Å²) in [5, 5.41) is 2.79. The first-order valence-corrected chi connectivity index (χ1v) is 5.66. The van der Waals surface area contributed by atoms with Crippen molar-refractivity contribution in [2.45, 2.75) is 12.3 Å². The van der Waals surface area contributed by atoms with Gasteiger partial charge in [0.2, 0.25) is 0 Å². The van der Waals surface area contributed by atoms with Crippen LogP contribution in [0, 0.1) is 5.82 Å². The summed E-state index contributed by atoms with van der Waals surface area (Å²) in [5.41, 5.74) is -0.180. The molecule has 1 aromatic rings. The molecule has 1 aromatic carbocycles. The molecule has 1 heterocycles. The fraction of sp³-hybridized carbons (Fsp3) is 0.308. The highest BCUT2D eigenvalue weighted by Gasteiger charge is 2.38. The molecule has 2 rings (SSSR count). The van der Waals surface area contributed by atoms with E-state index >= 15 is 0 Å². The zero-order valence-electron chi connectivity index (χ0n) is 10.2. The number of alkyl halides is 2. The number of nitrogens with one attached hydrogen (secondary N) is 1. The number of halogens is 3. The fourth-order valence-corrected chi connectivity index (χ4v) is 1.94. The molecular formula is C13H12F3NO2. The van der Waals surface area contributed by atoms with Crippen LogP contribution >= 0.6 is 0 Å². The molecule has 0 spiro atoms. The molecule has 0 aromatic heterocycles.